The summed E-state index contributed by atoms with van der Waals surface area (Å²) in [6, 6.07) is 10.9. The molecule has 2 aromatic rings. The molecule has 0 spiro atoms. The molecule has 1 aromatic heterocycles. The second-order valence-electron chi connectivity index (χ2n) is 4.45. The first-order valence-electron chi connectivity index (χ1n) is 6.02. The Morgan fingerprint density at radius 3 is 2.89 bits per heavy atom. The van der Waals surface area contributed by atoms with Gasteiger partial charge >= 0.3 is 0 Å². The molecule has 1 heterocycles. The Labute approximate surface area is 117 Å². The van der Waals surface area contributed by atoms with Gasteiger partial charge in [-0.15, -0.1) is 0 Å². The van der Waals surface area contributed by atoms with Crippen molar-refractivity contribution in [3.8, 4) is 0 Å². The van der Waals surface area contributed by atoms with Crippen molar-refractivity contribution in [2.75, 3.05) is 18.9 Å². The molecule has 2 N–H and O–H groups in total. The number of hydrogen-bond donors (Lipinski definition) is 2. The van der Waals surface area contributed by atoms with Crippen LogP contribution in [0.3, 0.4) is 0 Å². The van der Waals surface area contributed by atoms with Crippen molar-refractivity contribution in [1.82, 2.24) is 0 Å². The zero-order chi connectivity index (χ0) is 13.7. The maximum absolute atomic E-state index is 11.9. The molecule has 0 saturated heterocycles. The predicted octanol–water partition coefficient (Wildman–Crippen LogP) is 1.59. The van der Waals surface area contributed by atoms with Crippen molar-refractivity contribution in [2.45, 2.75) is 6.54 Å². The lowest BCUT2D eigenvalue weighted by Gasteiger charge is -2.12. The topological polar surface area (TPSA) is 46.7 Å². The maximum atomic E-state index is 11.9. The largest absolute Gasteiger partial charge is 0.463 e. The highest BCUT2D eigenvalue weighted by Gasteiger charge is 2.12. The van der Waals surface area contributed by atoms with Crippen molar-refractivity contribution in [2.24, 2.45) is 0 Å². The first-order valence-corrected chi connectivity index (χ1v) is 6.40. The summed E-state index contributed by atoms with van der Waals surface area (Å²) in [5.74, 6) is 0.819. The summed E-state index contributed by atoms with van der Waals surface area (Å²) in [6.07, 6.45) is 1.63. The van der Waals surface area contributed by atoms with Crippen molar-refractivity contribution >= 4 is 23.2 Å². The number of likely N-dealkylation sites (N-methyl/N-ethyl adjacent to an activating group) is 1. The van der Waals surface area contributed by atoms with E-state index in [1.807, 2.05) is 25.2 Å². The number of benzene rings is 1. The quantitative estimate of drug-likeness (QED) is 0.873. The molecule has 0 aliphatic carbocycles. The monoisotopic (exact) mass is 279 g/mol. The molecule has 19 heavy (non-hydrogen) atoms. The summed E-state index contributed by atoms with van der Waals surface area (Å²) < 4.78 is 5.25. The van der Waals surface area contributed by atoms with Gasteiger partial charge in [-0.2, -0.15) is 0 Å². The molecule has 5 heteroatoms. The lowest BCUT2D eigenvalue weighted by atomic mass is 10.3. The van der Waals surface area contributed by atoms with Crippen LogP contribution in [0.5, 0.6) is 0 Å². The van der Waals surface area contributed by atoms with E-state index in [9.17, 15) is 4.79 Å². The third kappa shape index (κ3) is 4.43. The normalized spacial score (nSPS) is 12.1. The fourth-order valence-electron chi connectivity index (χ4n) is 1.82. The van der Waals surface area contributed by atoms with Crippen molar-refractivity contribution < 1.29 is 14.1 Å². The van der Waals surface area contributed by atoms with Gasteiger partial charge in [-0.25, -0.2) is 0 Å². The van der Waals surface area contributed by atoms with Gasteiger partial charge in [0.1, 0.15) is 6.54 Å². The van der Waals surface area contributed by atoms with Gasteiger partial charge in [0.2, 0.25) is 0 Å². The second kappa shape index (κ2) is 6.41. The van der Waals surface area contributed by atoms with Crippen molar-refractivity contribution in [1.29, 1.82) is 0 Å². The van der Waals surface area contributed by atoms with E-state index in [0.717, 1.165) is 10.7 Å². The van der Waals surface area contributed by atoms with Crippen LogP contribution in [0.15, 0.2) is 47.1 Å². The first-order chi connectivity index (χ1) is 9.13. The number of furan rings is 1. The van der Waals surface area contributed by atoms with E-state index in [1.165, 1.54) is 0 Å². The fourth-order valence-corrected chi connectivity index (χ4v) is 2.01. The number of halogens is 1. The van der Waals surface area contributed by atoms with Crippen LogP contribution in [0.2, 0.25) is 5.02 Å². The molecule has 0 fully saturated rings. The second-order valence-corrected chi connectivity index (χ2v) is 4.88. The summed E-state index contributed by atoms with van der Waals surface area (Å²) in [4.78, 5) is 12.9. The van der Waals surface area contributed by atoms with E-state index in [4.69, 9.17) is 16.0 Å². The number of quaternary nitrogens is 1. The van der Waals surface area contributed by atoms with Gasteiger partial charge in [0.05, 0.1) is 13.3 Å². The fraction of sp³-hybridized carbons (Fsp3) is 0.214. The number of rotatable bonds is 5. The highest BCUT2D eigenvalue weighted by molar-refractivity contribution is 6.30. The first kappa shape index (κ1) is 13.6. The van der Waals surface area contributed by atoms with Gasteiger partial charge in [0, 0.05) is 10.7 Å². The average Bonchev–Trinajstić information content (AvgIpc) is 2.81. The van der Waals surface area contributed by atoms with Crippen molar-refractivity contribution in [3.05, 3.63) is 53.4 Å². The summed E-state index contributed by atoms with van der Waals surface area (Å²) in [5.41, 5.74) is 0.711. The van der Waals surface area contributed by atoms with Gasteiger partial charge in [-0.1, -0.05) is 17.7 Å². The Kier molecular flexibility index (Phi) is 4.60. The zero-order valence-electron chi connectivity index (χ0n) is 10.7. The lowest BCUT2D eigenvalue weighted by Crippen LogP contribution is -3.08. The molecule has 0 aliphatic heterocycles. The van der Waals surface area contributed by atoms with Crippen LogP contribution < -0.4 is 10.2 Å². The molecule has 1 unspecified atom stereocenters. The number of nitrogens with one attached hydrogen (secondary N) is 2. The van der Waals surface area contributed by atoms with E-state index < -0.39 is 0 Å². The Balaban J connectivity index is 1.84. The van der Waals surface area contributed by atoms with Crippen LogP contribution in [0.1, 0.15) is 5.76 Å². The number of carbonyl (C=O) groups is 1. The van der Waals surface area contributed by atoms with Crippen LogP contribution in [-0.2, 0) is 11.3 Å². The van der Waals surface area contributed by atoms with Gasteiger partial charge in [0.15, 0.2) is 12.3 Å². The minimum Gasteiger partial charge on any atom is -0.463 e. The van der Waals surface area contributed by atoms with Crippen LogP contribution in [0.25, 0.3) is 0 Å². The standard InChI is InChI=1S/C14H15ClN2O2/c1-17(9-13-6-3-7-19-13)10-14(18)16-12-5-2-4-11(15)8-12/h2-8H,9-10H2,1H3,(H,16,18)/p+1. The molecule has 0 bridgehead atoms. The van der Waals surface area contributed by atoms with Gasteiger partial charge < -0.3 is 14.6 Å². The van der Waals surface area contributed by atoms with Crippen LogP contribution in [0.4, 0.5) is 5.69 Å². The number of carbonyl (C=O) groups excluding carboxylic acids is 1. The number of amides is 1. The molecule has 1 amide bonds. The summed E-state index contributed by atoms with van der Waals surface area (Å²) in [6.45, 7) is 1.04. The SMILES string of the molecule is C[NH+](CC(=O)Nc1cccc(Cl)c1)Cc1ccco1. The molecular weight excluding hydrogens is 264 g/mol. The van der Waals surface area contributed by atoms with Gasteiger partial charge in [-0.05, 0) is 30.3 Å². The lowest BCUT2D eigenvalue weighted by molar-refractivity contribution is -0.886. The van der Waals surface area contributed by atoms with E-state index in [-0.39, 0.29) is 5.91 Å². The highest BCUT2D eigenvalue weighted by Crippen LogP contribution is 2.14. The minimum absolute atomic E-state index is 0.0497. The van der Waals surface area contributed by atoms with E-state index in [2.05, 4.69) is 5.32 Å². The molecule has 1 atom stereocenters. The Morgan fingerprint density at radius 2 is 2.21 bits per heavy atom. The maximum Gasteiger partial charge on any atom is 0.279 e. The van der Waals surface area contributed by atoms with Crippen molar-refractivity contribution in [3.63, 3.8) is 0 Å². The Morgan fingerprint density at radius 1 is 1.37 bits per heavy atom. The van der Waals surface area contributed by atoms with Crippen LogP contribution >= 0.6 is 11.6 Å². The summed E-state index contributed by atoms with van der Waals surface area (Å²) >= 11 is 5.86. The molecule has 0 aliphatic rings. The summed E-state index contributed by atoms with van der Waals surface area (Å²) in [5, 5.41) is 3.42. The number of hydrogen-bond acceptors (Lipinski definition) is 2. The third-order valence-electron chi connectivity index (χ3n) is 2.63. The van der Waals surface area contributed by atoms with E-state index in [1.54, 1.807) is 24.5 Å². The third-order valence-corrected chi connectivity index (χ3v) is 2.86. The summed E-state index contributed by atoms with van der Waals surface area (Å²) in [7, 11) is 1.94. The molecule has 2 rings (SSSR count). The Bertz CT molecular complexity index is 540. The smallest absolute Gasteiger partial charge is 0.279 e. The molecule has 1 aromatic carbocycles. The highest BCUT2D eigenvalue weighted by atomic mass is 35.5. The molecular formula is C14H16ClN2O2+. The zero-order valence-corrected chi connectivity index (χ0v) is 11.4. The number of anilines is 1. The van der Waals surface area contributed by atoms with Crippen LogP contribution in [0, 0.1) is 0 Å². The van der Waals surface area contributed by atoms with Gasteiger partial charge in [0.25, 0.3) is 5.91 Å². The van der Waals surface area contributed by atoms with E-state index >= 15 is 0 Å². The minimum atomic E-state index is -0.0497. The molecule has 100 valence electrons. The molecule has 0 radical (unpaired) electrons. The van der Waals surface area contributed by atoms with Crippen LogP contribution in [-0.4, -0.2) is 19.5 Å². The molecule has 0 saturated carbocycles. The Hall–Kier alpha value is -1.78. The van der Waals surface area contributed by atoms with Gasteiger partial charge in [-0.3, -0.25) is 4.79 Å². The molecule has 4 nitrogen and oxygen atoms in total. The average molecular weight is 280 g/mol. The van der Waals surface area contributed by atoms with E-state index in [0.29, 0.717) is 23.8 Å². The predicted molar refractivity (Wildman–Crippen MR) is 74.2 cm³/mol.